The fourth-order valence-electron chi connectivity index (χ4n) is 3.41. The number of rotatable bonds is 7. The average Bonchev–Trinajstić information content (AvgIpc) is 3.22. The fraction of sp³-hybridized carbons (Fsp3) is 0.333. The topological polar surface area (TPSA) is 91.4 Å². The molecule has 0 aliphatic heterocycles. The fourth-order valence-corrected chi connectivity index (χ4v) is 3.79. The second-order valence-electron chi connectivity index (χ2n) is 9.48. The maximum absolute atomic E-state index is 13.1. The molecule has 3 aromatic rings. The van der Waals surface area contributed by atoms with E-state index in [1.807, 2.05) is 20.8 Å². The summed E-state index contributed by atoms with van der Waals surface area (Å²) < 4.78 is 49.4. The average molecular weight is 583 g/mol. The van der Waals surface area contributed by atoms with E-state index in [1.54, 1.807) is 42.5 Å². The van der Waals surface area contributed by atoms with Crippen molar-refractivity contribution in [3.05, 3.63) is 63.8 Å². The van der Waals surface area contributed by atoms with Gasteiger partial charge in [0, 0.05) is 21.7 Å². The second kappa shape index (κ2) is 12.3. The number of aromatic nitrogens is 2. The van der Waals surface area contributed by atoms with Crippen molar-refractivity contribution in [2.75, 3.05) is 20.3 Å². The molecule has 12 heteroatoms. The Balaban J connectivity index is 1.97. The van der Waals surface area contributed by atoms with Gasteiger partial charge >= 0.3 is 6.18 Å². The van der Waals surface area contributed by atoms with Gasteiger partial charge in [-0.15, -0.1) is 0 Å². The number of amides is 1. The monoisotopic (exact) mass is 582 g/mol. The maximum Gasteiger partial charge on any atom is 0.405 e. The molecule has 1 aromatic heterocycles. The van der Waals surface area contributed by atoms with Crippen LogP contribution in [0.1, 0.15) is 36.8 Å². The highest BCUT2D eigenvalue weighted by molar-refractivity contribution is 6.32. The van der Waals surface area contributed by atoms with E-state index in [-0.39, 0.29) is 23.1 Å². The predicted molar refractivity (Wildman–Crippen MR) is 145 cm³/mol. The van der Waals surface area contributed by atoms with Crippen molar-refractivity contribution in [1.29, 1.82) is 0 Å². The molecular weight excluding hydrogens is 556 g/mol. The van der Waals surface area contributed by atoms with Gasteiger partial charge < -0.3 is 20.5 Å². The molecule has 1 unspecified atom stereocenters. The minimum atomic E-state index is -4.54. The zero-order valence-electron chi connectivity index (χ0n) is 21.6. The number of halogens is 5. The highest BCUT2D eigenvalue weighted by atomic mass is 35.5. The number of benzene rings is 2. The van der Waals surface area contributed by atoms with Gasteiger partial charge in [-0.2, -0.15) is 18.3 Å². The number of carbonyl (C=O) groups is 1. The summed E-state index contributed by atoms with van der Waals surface area (Å²) in [6, 6.07) is 9.74. The molecule has 3 N–H and O–H groups in total. The minimum absolute atomic E-state index is 0.0616. The van der Waals surface area contributed by atoms with E-state index >= 15 is 0 Å². The molecule has 1 heterocycles. The molecular formula is C27H27Cl2F3N4O3. The molecule has 0 saturated carbocycles. The van der Waals surface area contributed by atoms with Crippen molar-refractivity contribution in [3.8, 4) is 34.5 Å². The lowest BCUT2D eigenvalue weighted by molar-refractivity contribution is -0.158. The second-order valence-corrected chi connectivity index (χ2v) is 10.3. The van der Waals surface area contributed by atoms with E-state index in [9.17, 15) is 18.0 Å². The van der Waals surface area contributed by atoms with Crippen LogP contribution in [0.3, 0.4) is 0 Å². The van der Waals surface area contributed by atoms with Crippen LogP contribution in [0.5, 0.6) is 5.75 Å². The van der Waals surface area contributed by atoms with Gasteiger partial charge in [0.1, 0.15) is 18.3 Å². The summed E-state index contributed by atoms with van der Waals surface area (Å²) in [4.78, 5) is 13.1. The molecule has 1 amide bonds. The van der Waals surface area contributed by atoms with Crippen LogP contribution < -0.4 is 15.8 Å². The highest BCUT2D eigenvalue weighted by Crippen LogP contribution is 2.37. The Morgan fingerprint density at radius 1 is 1.15 bits per heavy atom. The first-order valence-electron chi connectivity index (χ1n) is 11.7. The zero-order valence-corrected chi connectivity index (χ0v) is 23.1. The number of ether oxygens (including phenoxy) is 2. The van der Waals surface area contributed by atoms with Gasteiger partial charge in [-0.1, -0.05) is 47.2 Å². The SMILES string of the molecule is COc1c(C(=O)NC(C)(C)C)nn(-c2ccc(C#CCOCC(N)C(F)(F)F)cc2Cl)c1-c1ccc(Cl)cc1. The summed E-state index contributed by atoms with van der Waals surface area (Å²) in [5.41, 5.74) is 6.62. The molecule has 0 saturated heterocycles. The van der Waals surface area contributed by atoms with Crippen LogP contribution in [0, 0.1) is 11.8 Å². The Bertz CT molecular complexity index is 1390. The van der Waals surface area contributed by atoms with Crippen LogP contribution in [0.25, 0.3) is 16.9 Å². The highest BCUT2D eigenvalue weighted by Gasteiger charge is 2.36. The molecule has 0 fully saturated rings. The molecule has 0 bridgehead atoms. The van der Waals surface area contributed by atoms with Gasteiger partial charge in [-0.25, -0.2) is 4.68 Å². The van der Waals surface area contributed by atoms with Crippen molar-refractivity contribution < 1.29 is 27.4 Å². The van der Waals surface area contributed by atoms with Crippen LogP contribution in [-0.2, 0) is 4.74 Å². The number of hydrogen-bond donors (Lipinski definition) is 2. The van der Waals surface area contributed by atoms with Gasteiger partial charge in [0.15, 0.2) is 11.4 Å². The molecule has 7 nitrogen and oxygen atoms in total. The van der Waals surface area contributed by atoms with Crippen molar-refractivity contribution in [2.45, 2.75) is 38.5 Å². The number of nitrogens with zero attached hydrogens (tertiary/aromatic N) is 2. The van der Waals surface area contributed by atoms with E-state index < -0.39 is 30.3 Å². The maximum atomic E-state index is 13.1. The molecule has 2 aromatic carbocycles. The zero-order chi connectivity index (χ0) is 29.0. The lowest BCUT2D eigenvalue weighted by Crippen LogP contribution is -2.41. The van der Waals surface area contributed by atoms with Crippen LogP contribution >= 0.6 is 23.2 Å². The molecule has 208 valence electrons. The van der Waals surface area contributed by atoms with Gasteiger partial charge in [-0.3, -0.25) is 4.79 Å². The van der Waals surface area contributed by atoms with Crippen LogP contribution in [0.15, 0.2) is 42.5 Å². The first-order valence-corrected chi connectivity index (χ1v) is 12.4. The third kappa shape index (κ3) is 7.90. The molecule has 0 radical (unpaired) electrons. The smallest absolute Gasteiger partial charge is 0.405 e. The lowest BCUT2D eigenvalue weighted by atomic mass is 10.1. The first kappa shape index (κ1) is 30.3. The number of carbonyl (C=O) groups excluding carboxylic acids is 1. The number of nitrogens with two attached hydrogens (primary N) is 1. The number of alkyl halides is 3. The Hall–Kier alpha value is -3.23. The summed E-state index contributed by atoms with van der Waals surface area (Å²) in [6.07, 6.45) is -4.54. The molecule has 0 aliphatic carbocycles. The van der Waals surface area contributed by atoms with E-state index in [4.69, 9.17) is 38.4 Å². The summed E-state index contributed by atoms with van der Waals surface area (Å²) in [5.74, 6) is 5.23. The van der Waals surface area contributed by atoms with Crippen LogP contribution in [-0.4, -0.2) is 53.8 Å². The predicted octanol–water partition coefficient (Wildman–Crippen LogP) is 5.64. The van der Waals surface area contributed by atoms with Crippen molar-refractivity contribution in [1.82, 2.24) is 15.1 Å². The van der Waals surface area contributed by atoms with Gasteiger partial charge in [-0.05, 0) is 51.1 Å². The molecule has 39 heavy (non-hydrogen) atoms. The van der Waals surface area contributed by atoms with Gasteiger partial charge in [0.05, 0.1) is 24.4 Å². The van der Waals surface area contributed by atoms with Crippen LogP contribution in [0.4, 0.5) is 13.2 Å². The van der Waals surface area contributed by atoms with E-state index in [0.717, 1.165) is 0 Å². The number of hydrogen-bond acceptors (Lipinski definition) is 5. The Labute approximate surface area is 234 Å². The van der Waals surface area contributed by atoms with Crippen molar-refractivity contribution in [2.24, 2.45) is 5.73 Å². The van der Waals surface area contributed by atoms with Gasteiger partial charge in [0.25, 0.3) is 5.91 Å². The first-order chi connectivity index (χ1) is 18.2. The standard InChI is InChI=1S/C27H27Cl2F3N4O3/c1-26(2,3)34-25(37)22-24(38-4)23(17-8-10-18(28)11-9-17)36(35-22)20-12-7-16(14-19(20)29)6-5-13-39-15-21(33)27(30,31)32/h7-12,14,21H,13,15,33H2,1-4H3,(H,34,37). The summed E-state index contributed by atoms with van der Waals surface area (Å²) >= 11 is 12.7. The third-order valence-electron chi connectivity index (χ3n) is 5.17. The van der Waals surface area contributed by atoms with Crippen LogP contribution in [0.2, 0.25) is 10.0 Å². The molecule has 0 spiro atoms. The summed E-state index contributed by atoms with van der Waals surface area (Å²) in [5, 5.41) is 8.22. The number of methoxy groups -OCH3 is 1. The minimum Gasteiger partial charge on any atom is -0.492 e. The molecule has 3 rings (SSSR count). The van der Waals surface area contributed by atoms with Crippen molar-refractivity contribution >= 4 is 29.1 Å². The normalized spacial score (nSPS) is 12.5. The molecule has 0 aliphatic rings. The largest absolute Gasteiger partial charge is 0.492 e. The van der Waals surface area contributed by atoms with E-state index in [2.05, 4.69) is 22.3 Å². The Morgan fingerprint density at radius 3 is 2.38 bits per heavy atom. The number of nitrogens with one attached hydrogen (secondary N) is 1. The van der Waals surface area contributed by atoms with E-state index in [1.165, 1.54) is 11.8 Å². The third-order valence-corrected chi connectivity index (χ3v) is 5.72. The van der Waals surface area contributed by atoms with E-state index in [0.29, 0.717) is 27.5 Å². The quantitative estimate of drug-likeness (QED) is 0.278. The Kier molecular flexibility index (Phi) is 9.56. The summed E-state index contributed by atoms with van der Waals surface area (Å²) in [7, 11) is 1.44. The summed E-state index contributed by atoms with van der Waals surface area (Å²) in [6.45, 7) is 4.60. The molecule has 1 atom stereocenters. The Morgan fingerprint density at radius 2 is 1.82 bits per heavy atom. The van der Waals surface area contributed by atoms with Gasteiger partial charge in [0.2, 0.25) is 0 Å². The lowest BCUT2D eigenvalue weighted by Gasteiger charge is -2.19. The van der Waals surface area contributed by atoms with Crippen molar-refractivity contribution in [3.63, 3.8) is 0 Å².